The van der Waals surface area contributed by atoms with Gasteiger partial charge in [-0.1, -0.05) is 12.8 Å². The topological polar surface area (TPSA) is 123 Å². The molecule has 0 atom stereocenters. The quantitative estimate of drug-likeness (QED) is 0.789. The Kier molecular flexibility index (Phi) is 5.11. The number of nitrogens with one attached hydrogen (secondary N) is 1. The van der Waals surface area contributed by atoms with Gasteiger partial charge in [-0.25, -0.2) is 10.1 Å². The Hall–Kier alpha value is -2.04. The summed E-state index contributed by atoms with van der Waals surface area (Å²) < 4.78 is 26.0. The van der Waals surface area contributed by atoms with E-state index in [9.17, 15) is 13.2 Å². The van der Waals surface area contributed by atoms with Gasteiger partial charge in [0.25, 0.3) is 15.8 Å². The SMILES string of the molecule is Cc1cc2cnc(NC3CCN(S(N)(=O)=O)CC3)nc2n(C2CCCC2)c1=O. The minimum atomic E-state index is -3.64. The molecule has 0 amide bonds. The molecule has 0 bridgehead atoms. The molecule has 10 heteroatoms. The van der Waals surface area contributed by atoms with Gasteiger partial charge in [0.05, 0.1) is 0 Å². The Labute approximate surface area is 164 Å². The molecule has 4 rings (SSSR count). The molecule has 1 aliphatic heterocycles. The number of aryl methyl sites for hydroxylation is 1. The van der Waals surface area contributed by atoms with Gasteiger partial charge in [0.15, 0.2) is 0 Å². The number of nitrogens with zero attached hydrogens (tertiary/aromatic N) is 4. The molecule has 0 spiro atoms. The largest absolute Gasteiger partial charge is 0.351 e. The normalized spacial score (nSPS) is 20.1. The number of hydrogen-bond acceptors (Lipinski definition) is 6. The first-order chi connectivity index (χ1) is 13.3. The highest BCUT2D eigenvalue weighted by Crippen LogP contribution is 2.30. The number of hydrogen-bond donors (Lipinski definition) is 2. The third-order valence-corrected chi connectivity index (χ3v) is 6.87. The van der Waals surface area contributed by atoms with Crippen molar-refractivity contribution in [2.45, 2.75) is 57.5 Å². The number of nitrogens with two attached hydrogens (primary N) is 1. The van der Waals surface area contributed by atoms with E-state index >= 15 is 0 Å². The zero-order chi connectivity index (χ0) is 19.9. The van der Waals surface area contributed by atoms with Crippen molar-refractivity contribution in [3.05, 3.63) is 28.2 Å². The summed E-state index contributed by atoms with van der Waals surface area (Å²) in [5.74, 6) is 0.469. The molecule has 1 saturated carbocycles. The van der Waals surface area contributed by atoms with Gasteiger partial charge in [0, 0.05) is 42.3 Å². The number of piperidine rings is 1. The fourth-order valence-corrected chi connectivity index (χ4v) is 4.99. The van der Waals surface area contributed by atoms with Gasteiger partial charge in [-0.3, -0.25) is 9.36 Å². The maximum absolute atomic E-state index is 12.8. The molecule has 0 radical (unpaired) electrons. The van der Waals surface area contributed by atoms with Gasteiger partial charge in [0.1, 0.15) is 5.65 Å². The third kappa shape index (κ3) is 3.76. The molecular formula is C18H26N6O3S. The van der Waals surface area contributed by atoms with Crippen LogP contribution < -0.4 is 16.0 Å². The van der Waals surface area contributed by atoms with E-state index in [0.29, 0.717) is 43.1 Å². The summed E-state index contributed by atoms with van der Waals surface area (Å²) in [6.45, 7) is 2.57. The molecule has 152 valence electrons. The number of anilines is 1. The van der Waals surface area contributed by atoms with Gasteiger partial charge in [0.2, 0.25) is 5.95 Å². The van der Waals surface area contributed by atoms with Crippen molar-refractivity contribution in [1.29, 1.82) is 0 Å². The second kappa shape index (κ2) is 7.41. The molecule has 28 heavy (non-hydrogen) atoms. The van der Waals surface area contributed by atoms with Crippen LogP contribution in [0, 0.1) is 6.92 Å². The van der Waals surface area contributed by atoms with Crippen LogP contribution in [0.3, 0.4) is 0 Å². The molecule has 0 unspecified atom stereocenters. The van der Waals surface area contributed by atoms with Crippen LogP contribution in [-0.2, 0) is 10.2 Å². The second-order valence-electron chi connectivity index (χ2n) is 7.78. The molecule has 9 nitrogen and oxygen atoms in total. The van der Waals surface area contributed by atoms with Gasteiger partial charge < -0.3 is 5.32 Å². The maximum atomic E-state index is 12.8. The van der Waals surface area contributed by atoms with Crippen molar-refractivity contribution >= 4 is 27.2 Å². The van der Waals surface area contributed by atoms with Crippen molar-refractivity contribution in [1.82, 2.24) is 18.8 Å². The van der Waals surface area contributed by atoms with E-state index in [1.807, 2.05) is 17.6 Å². The molecule has 3 heterocycles. The van der Waals surface area contributed by atoms with E-state index in [2.05, 4.69) is 15.3 Å². The Morgan fingerprint density at radius 3 is 2.50 bits per heavy atom. The first-order valence-electron chi connectivity index (χ1n) is 9.76. The highest BCUT2D eigenvalue weighted by Gasteiger charge is 2.26. The van der Waals surface area contributed by atoms with E-state index < -0.39 is 10.2 Å². The monoisotopic (exact) mass is 406 g/mol. The first-order valence-corrected chi connectivity index (χ1v) is 11.3. The Morgan fingerprint density at radius 2 is 1.86 bits per heavy atom. The van der Waals surface area contributed by atoms with Crippen molar-refractivity contribution in [3.63, 3.8) is 0 Å². The molecule has 2 fully saturated rings. The lowest BCUT2D eigenvalue weighted by Crippen LogP contribution is -2.45. The van der Waals surface area contributed by atoms with E-state index in [-0.39, 0.29) is 17.6 Å². The minimum Gasteiger partial charge on any atom is -0.351 e. The minimum absolute atomic E-state index is 0.0190. The smallest absolute Gasteiger partial charge is 0.276 e. The molecular weight excluding hydrogens is 380 g/mol. The van der Waals surface area contributed by atoms with Crippen molar-refractivity contribution in [2.24, 2.45) is 5.14 Å². The van der Waals surface area contributed by atoms with Crippen LogP contribution in [0.25, 0.3) is 11.0 Å². The zero-order valence-electron chi connectivity index (χ0n) is 16.0. The first kappa shape index (κ1) is 19.3. The summed E-state index contributed by atoms with van der Waals surface area (Å²) in [6.07, 6.45) is 7.26. The van der Waals surface area contributed by atoms with Crippen molar-refractivity contribution in [2.75, 3.05) is 18.4 Å². The molecule has 2 aromatic rings. The van der Waals surface area contributed by atoms with Crippen LogP contribution in [0.5, 0.6) is 0 Å². The number of rotatable bonds is 4. The zero-order valence-corrected chi connectivity index (χ0v) is 16.8. The fourth-order valence-electron chi connectivity index (χ4n) is 4.27. The fraction of sp³-hybridized carbons (Fsp3) is 0.611. The lowest BCUT2D eigenvalue weighted by Gasteiger charge is -2.30. The van der Waals surface area contributed by atoms with Crippen LogP contribution in [0.2, 0.25) is 0 Å². The second-order valence-corrected chi connectivity index (χ2v) is 9.32. The van der Waals surface area contributed by atoms with E-state index in [1.165, 1.54) is 4.31 Å². The molecule has 2 aliphatic rings. The van der Waals surface area contributed by atoms with Gasteiger partial charge >= 0.3 is 0 Å². The lowest BCUT2D eigenvalue weighted by atomic mass is 10.1. The average Bonchev–Trinajstić information content (AvgIpc) is 3.17. The van der Waals surface area contributed by atoms with Crippen molar-refractivity contribution < 1.29 is 8.42 Å². The Balaban J connectivity index is 1.60. The molecule has 1 saturated heterocycles. The summed E-state index contributed by atoms with van der Waals surface area (Å²) in [5, 5.41) is 9.35. The number of fused-ring (bicyclic) bond motifs is 1. The summed E-state index contributed by atoms with van der Waals surface area (Å²) in [6, 6.07) is 2.10. The number of aromatic nitrogens is 3. The predicted octanol–water partition coefficient (Wildman–Crippen LogP) is 1.29. The van der Waals surface area contributed by atoms with Crippen molar-refractivity contribution in [3.8, 4) is 0 Å². The molecule has 1 aliphatic carbocycles. The van der Waals surface area contributed by atoms with Gasteiger partial charge in [-0.15, -0.1) is 0 Å². The number of pyridine rings is 1. The Morgan fingerprint density at radius 1 is 1.18 bits per heavy atom. The summed E-state index contributed by atoms with van der Waals surface area (Å²) in [4.78, 5) is 21.9. The Bertz CT molecular complexity index is 1040. The van der Waals surface area contributed by atoms with E-state index in [0.717, 1.165) is 31.1 Å². The standard InChI is InChI=1S/C18H26N6O3S/c1-12-10-13-11-20-18(21-14-6-8-23(9-7-14)28(19,26)27)22-16(13)24(17(12)25)15-4-2-3-5-15/h10-11,14-15H,2-9H2,1H3,(H2,19,26,27)(H,20,21,22). The third-order valence-electron chi connectivity index (χ3n) is 5.79. The van der Waals surface area contributed by atoms with Crippen LogP contribution >= 0.6 is 0 Å². The average molecular weight is 407 g/mol. The van der Waals surface area contributed by atoms with Crippen LogP contribution in [-0.4, -0.2) is 46.4 Å². The highest BCUT2D eigenvalue weighted by molar-refractivity contribution is 7.86. The molecule has 3 N–H and O–H groups in total. The summed E-state index contributed by atoms with van der Waals surface area (Å²) in [5.41, 5.74) is 1.39. The van der Waals surface area contributed by atoms with Crippen LogP contribution in [0.15, 0.2) is 17.1 Å². The van der Waals surface area contributed by atoms with Crippen LogP contribution in [0.4, 0.5) is 5.95 Å². The van der Waals surface area contributed by atoms with Gasteiger partial charge in [-0.2, -0.15) is 17.7 Å². The maximum Gasteiger partial charge on any atom is 0.276 e. The molecule has 2 aromatic heterocycles. The summed E-state index contributed by atoms with van der Waals surface area (Å²) >= 11 is 0. The van der Waals surface area contributed by atoms with E-state index in [1.54, 1.807) is 6.20 Å². The van der Waals surface area contributed by atoms with Gasteiger partial charge in [-0.05, 0) is 38.7 Å². The predicted molar refractivity (Wildman–Crippen MR) is 107 cm³/mol. The summed E-state index contributed by atoms with van der Waals surface area (Å²) in [7, 11) is -3.64. The molecule has 0 aromatic carbocycles. The lowest BCUT2D eigenvalue weighted by molar-refractivity contribution is 0.329. The van der Waals surface area contributed by atoms with Crippen LogP contribution in [0.1, 0.15) is 50.1 Å². The highest BCUT2D eigenvalue weighted by atomic mass is 32.2. The van der Waals surface area contributed by atoms with E-state index in [4.69, 9.17) is 5.14 Å².